The van der Waals surface area contributed by atoms with E-state index >= 15 is 0 Å². The van der Waals surface area contributed by atoms with E-state index in [2.05, 4.69) is 18.3 Å². The molecule has 4 heteroatoms. The van der Waals surface area contributed by atoms with E-state index < -0.39 is 5.54 Å². The third-order valence-corrected chi connectivity index (χ3v) is 3.55. The fourth-order valence-electron chi connectivity index (χ4n) is 1.09. The van der Waals surface area contributed by atoms with Gasteiger partial charge in [-0.15, -0.1) is 0 Å². The van der Waals surface area contributed by atoms with Crippen molar-refractivity contribution < 1.29 is 5.11 Å². The van der Waals surface area contributed by atoms with Crippen LogP contribution < -0.4 is 5.32 Å². The Morgan fingerprint density at radius 2 is 2.29 bits per heavy atom. The quantitative estimate of drug-likeness (QED) is 0.675. The Morgan fingerprint density at radius 1 is 1.64 bits per heavy atom. The summed E-state index contributed by atoms with van der Waals surface area (Å²) in [7, 11) is 0. The summed E-state index contributed by atoms with van der Waals surface area (Å²) < 4.78 is 0. The van der Waals surface area contributed by atoms with Crippen LogP contribution in [-0.2, 0) is 0 Å². The molecule has 0 bridgehead atoms. The Balaban J connectivity index is 3.89. The van der Waals surface area contributed by atoms with Crippen LogP contribution in [0.15, 0.2) is 0 Å². The van der Waals surface area contributed by atoms with E-state index in [9.17, 15) is 0 Å². The topological polar surface area (TPSA) is 56.0 Å². The lowest BCUT2D eigenvalue weighted by Gasteiger charge is -2.23. The fraction of sp³-hybridized carbons (Fsp3) is 0.900. The van der Waals surface area contributed by atoms with Gasteiger partial charge in [0, 0.05) is 17.6 Å². The lowest BCUT2D eigenvalue weighted by Crippen LogP contribution is -2.43. The minimum atomic E-state index is -0.441. The molecule has 0 aliphatic heterocycles. The lowest BCUT2D eigenvalue weighted by atomic mass is 10.1. The van der Waals surface area contributed by atoms with Crippen molar-refractivity contribution in [2.24, 2.45) is 0 Å². The van der Waals surface area contributed by atoms with Crippen LogP contribution >= 0.6 is 11.8 Å². The Kier molecular flexibility index (Phi) is 6.98. The molecule has 0 aliphatic rings. The zero-order valence-electron chi connectivity index (χ0n) is 9.21. The standard InChI is InChI=1S/C10H20N2OS/c1-4-12-10(3,7-11)8-14-9(2)5-6-13/h9,12-13H,4-6,8H2,1-3H3. The molecular formula is C10H20N2OS. The van der Waals surface area contributed by atoms with E-state index in [1.807, 2.05) is 13.8 Å². The molecule has 0 aromatic rings. The summed E-state index contributed by atoms with van der Waals surface area (Å²) >= 11 is 1.73. The third kappa shape index (κ3) is 5.48. The van der Waals surface area contributed by atoms with Gasteiger partial charge in [-0.1, -0.05) is 13.8 Å². The van der Waals surface area contributed by atoms with Crippen LogP contribution in [0.3, 0.4) is 0 Å². The van der Waals surface area contributed by atoms with Gasteiger partial charge in [0.2, 0.25) is 0 Å². The van der Waals surface area contributed by atoms with Gasteiger partial charge in [0.15, 0.2) is 0 Å². The van der Waals surface area contributed by atoms with E-state index in [0.29, 0.717) is 5.25 Å². The highest BCUT2D eigenvalue weighted by molar-refractivity contribution is 7.99. The third-order valence-electron chi connectivity index (χ3n) is 2.01. The molecule has 0 aromatic heterocycles. The van der Waals surface area contributed by atoms with Crippen molar-refractivity contribution in [3.8, 4) is 6.07 Å². The highest BCUT2D eigenvalue weighted by Crippen LogP contribution is 2.19. The number of hydrogen-bond donors (Lipinski definition) is 2. The van der Waals surface area contributed by atoms with Crippen molar-refractivity contribution in [1.82, 2.24) is 5.32 Å². The predicted molar refractivity (Wildman–Crippen MR) is 61.3 cm³/mol. The Morgan fingerprint density at radius 3 is 2.71 bits per heavy atom. The first kappa shape index (κ1) is 13.8. The summed E-state index contributed by atoms with van der Waals surface area (Å²) in [5.74, 6) is 0.762. The van der Waals surface area contributed by atoms with Gasteiger partial charge in [0.05, 0.1) is 6.07 Å². The molecule has 14 heavy (non-hydrogen) atoms. The highest BCUT2D eigenvalue weighted by Gasteiger charge is 2.22. The van der Waals surface area contributed by atoms with Crippen molar-refractivity contribution in [3.63, 3.8) is 0 Å². The van der Waals surface area contributed by atoms with Gasteiger partial charge in [-0.2, -0.15) is 17.0 Å². The number of nitriles is 1. The fourth-order valence-corrected chi connectivity index (χ4v) is 2.14. The molecule has 2 N–H and O–H groups in total. The monoisotopic (exact) mass is 216 g/mol. The summed E-state index contributed by atoms with van der Waals surface area (Å²) in [5, 5.41) is 21.3. The highest BCUT2D eigenvalue weighted by atomic mass is 32.2. The number of thioether (sulfide) groups is 1. The Bertz CT molecular complexity index is 193. The number of aliphatic hydroxyl groups excluding tert-OH is 1. The van der Waals surface area contributed by atoms with Crippen LogP contribution in [0.1, 0.15) is 27.2 Å². The number of rotatable bonds is 7. The first-order chi connectivity index (χ1) is 6.58. The summed E-state index contributed by atoms with van der Waals surface area (Å²) in [5.41, 5.74) is -0.441. The first-order valence-electron chi connectivity index (χ1n) is 4.96. The largest absolute Gasteiger partial charge is 0.396 e. The summed E-state index contributed by atoms with van der Waals surface area (Å²) in [6.07, 6.45) is 0.790. The van der Waals surface area contributed by atoms with Crippen LogP contribution in [0.25, 0.3) is 0 Å². The van der Waals surface area contributed by atoms with Crippen molar-refractivity contribution >= 4 is 11.8 Å². The van der Waals surface area contributed by atoms with E-state index in [1.165, 1.54) is 0 Å². The molecule has 82 valence electrons. The molecule has 2 atom stereocenters. The maximum Gasteiger partial charge on any atom is 0.113 e. The summed E-state index contributed by atoms with van der Waals surface area (Å²) in [4.78, 5) is 0. The van der Waals surface area contributed by atoms with Gasteiger partial charge in [-0.3, -0.25) is 5.32 Å². The number of aliphatic hydroxyl groups is 1. The average Bonchev–Trinajstić information content (AvgIpc) is 2.16. The van der Waals surface area contributed by atoms with Crippen LogP contribution in [0, 0.1) is 11.3 Å². The molecule has 0 amide bonds. The summed E-state index contributed by atoms with van der Waals surface area (Å²) in [6.45, 7) is 7.01. The molecule has 2 unspecified atom stereocenters. The molecule has 0 fully saturated rings. The predicted octanol–water partition coefficient (Wildman–Crippen LogP) is 1.38. The molecule has 0 saturated heterocycles. The van der Waals surface area contributed by atoms with E-state index in [0.717, 1.165) is 18.7 Å². The normalized spacial score (nSPS) is 17.1. The van der Waals surface area contributed by atoms with E-state index in [1.54, 1.807) is 11.8 Å². The van der Waals surface area contributed by atoms with Crippen LogP contribution in [0.4, 0.5) is 0 Å². The molecule has 3 nitrogen and oxygen atoms in total. The maximum atomic E-state index is 8.98. The van der Waals surface area contributed by atoms with Gasteiger partial charge in [0.25, 0.3) is 0 Å². The zero-order chi connectivity index (χ0) is 11.0. The SMILES string of the molecule is CCNC(C)(C#N)CSC(C)CCO. The van der Waals surface area contributed by atoms with Crippen molar-refractivity contribution in [2.75, 3.05) is 18.9 Å². The molecule has 0 heterocycles. The van der Waals surface area contributed by atoms with Gasteiger partial charge in [-0.05, 0) is 19.9 Å². The number of hydrogen-bond acceptors (Lipinski definition) is 4. The van der Waals surface area contributed by atoms with Gasteiger partial charge in [0.1, 0.15) is 5.54 Å². The number of nitrogens with one attached hydrogen (secondary N) is 1. The molecule has 0 radical (unpaired) electrons. The van der Waals surface area contributed by atoms with Crippen molar-refractivity contribution in [2.45, 2.75) is 38.0 Å². The summed E-state index contributed by atoms with van der Waals surface area (Å²) in [6, 6.07) is 2.28. The van der Waals surface area contributed by atoms with E-state index in [-0.39, 0.29) is 6.61 Å². The number of nitrogens with zero attached hydrogens (tertiary/aromatic N) is 1. The molecular weight excluding hydrogens is 196 g/mol. The molecule has 0 rings (SSSR count). The van der Waals surface area contributed by atoms with Gasteiger partial charge < -0.3 is 5.11 Å². The second-order valence-electron chi connectivity index (χ2n) is 3.61. The first-order valence-corrected chi connectivity index (χ1v) is 6.01. The Hall–Kier alpha value is -0.240. The van der Waals surface area contributed by atoms with E-state index in [4.69, 9.17) is 10.4 Å². The van der Waals surface area contributed by atoms with Gasteiger partial charge >= 0.3 is 0 Å². The molecule has 0 spiro atoms. The minimum absolute atomic E-state index is 0.221. The van der Waals surface area contributed by atoms with Crippen LogP contribution in [0.5, 0.6) is 0 Å². The maximum absolute atomic E-state index is 8.98. The van der Waals surface area contributed by atoms with Crippen LogP contribution in [0.2, 0.25) is 0 Å². The van der Waals surface area contributed by atoms with Crippen LogP contribution in [-0.4, -0.2) is 34.8 Å². The Labute approximate surface area is 90.9 Å². The zero-order valence-corrected chi connectivity index (χ0v) is 10.0. The van der Waals surface area contributed by atoms with Crippen molar-refractivity contribution in [1.29, 1.82) is 5.26 Å². The van der Waals surface area contributed by atoms with Gasteiger partial charge in [-0.25, -0.2) is 0 Å². The molecule has 0 saturated carbocycles. The smallest absolute Gasteiger partial charge is 0.113 e. The lowest BCUT2D eigenvalue weighted by molar-refractivity contribution is 0.289. The molecule has 0 aromatic carbocycles. The average molecular weight is 216 g/mol. The van der Waals surface area contributed by atoms with Crippen molar-refractivity contribution in [3.05, 3.63) is 0 Å². The second kappa shape index (κ2) is 7.10. The molecule has 0 aliphatic carbocycles. The minimum Gasteiger partial charge on any atom is -0.396 e. The second-order valence-corrected chi connectivity index (χ2v) is 5.03.